The topological polar surface area (TPSA) is 0 Å². The molecular formula is C10H10Cl3Ti. The molecule has 14 heavy (non-hydrogen) atoms. The summed E-state index contributed by atoms with van der Waals surface area (Å²) in [5.74, 6) is 0.621. The van der Waals surface area contributed by atoms with Gasteiger partial charge in [-0.15, -0.1) is 0 Å². The van der Waals surface area contributed by atoms with E-state index in [9.17, 15) is 0 Å². The fourth-order valence-electron chi connectivity index (χ4n) is 1.43. The average Bonchev–Trinajstić information content (AvgIpc) is 2.34. The van der Waals surface area contributed by atoms with Crippen molar-refractivity contribution in [2.24, 2.45) is 0 Å². The minimum absolute atomic E-state index is 0. The molecule has 0 heterocycles. The molecule has 1 unspecified atom stereocenters. The molecule has 1 aromatic rings. The van der Waals surface area contributed by atoms with Gasteiger partial charge in [-0.1, -0.05) is 43.3 Å². The van der Waals surface area contributed by atoms with Crippen LogP contribution in [0.4, 0.5) is 0 Å². The maximum absolute atomic E-state index is 2.24. The molecule has 4 heteroatoms. The van der Waals surface area contributed by atoms with Crippen molar-refractivity contribution >= 4 is 6.08 Å². The average molecular weight is 284 g/mol. The summed E-state index contributed by atoms with van der Waals surface area (Å²) in [6.07, 6.45) is 4.44. The van der Waals surface area contributed by atoms with Gasteiger partial charge in [0.1, 0.15) is 0 Å². The molecule has 0 fully saturated rings. The smallest absolute Gasteiger partial charge is 1.00 e. The van der Waals surface area contributed by atoms with Crippen LogP contribution in [-0.4, -0.2) is 0 Å². The van der Waals surface area contributed by atoms with Crippen molar-refractivity contribution in [1.29, 1.82) is 0 Å². The monoisotopic (exact) mass is 283 g/mol. The minimum atomic E-state index is 0. The molecule has 0 saturated heterocycles. The molecule has 1 atom stereocenters. The maximum Gasteiger partial charge on any atom is 3.00 e. The molecule has 0 saturated carbocycles. The molecule has 0 aromatic heterocycles. The molecule has 0 spiro atoms. The van der Waals surface area contributed by atoms with Crippen molar-refractivity contribution in [2.45, 2.75) is 12.8 Å². The van der Waals surface area contributed by atoms with Gasteiger partial charge in [0, 0.05) is 0 Å². The van der Waals surface area contributed by atoms with Crippen molar-refractivity contribution in [3.63, 3.8) is 0 Å². The first-order valence-corrected chi connectivity index (χ1v) is 3.65. The van der Waals surface area contributed by atoms with Gasteiger partial charge in [-0.2, -0.15) is 0 Å². The molecule has 2 rings (SSSR count). The predicted octanol–water partition coefficient (Wildman–Crippen LogP) is -6.17. The van der Waals surface area contributed by atoms with E-state index in [0.29, 0.717) is 5.92 Å². The third-order valence-corrected chi connectivity index (χ3v) is 2.05. The molecular weight excluding hydrogens is 274 g/mol. The van der Waals surface area contributed by atoms with Crippen LogP contribution in [-0.2, 0) is 21.7 Å². The first-order valence-electron chi connectivity index (χ1n) is 3.65. The van der Waals surface area contributed by atoms with Crippen LogP contribution in [0.15, 0.2) is 30.3 Å². The van der Waals surface area contributed by atoms with Gasteiger partial charge in [-0.05, 0) is 17.0 Å². The second-order valence-corrected chi connectivity index (χ2v) is 2.78. The summed E-state index contributed by atoms with van der Waals surface area (Å²) < 4.78 is 0. The van der Waals surface area contributed by atoms with Gasteiger partial charge in [0.15, 0.2) is 0 Å². The van der Waals surface area contributed by atoms with Crippen molar-refractivity contribution in [3.05, 3.63) is 41.5 Å². The molecule has 75 valence electrons. The van der Waals surface area contributed by atoms with E-state index < -0.39 is 0 Å². The Hall–Kier alpha value is 0.544. The normalized spacial score (nSPS) is 15.1. The first kappa shape index (κ1) is 20.0. The fraction of sp³-hybridized carbons (Fsp3) is 0.200. The Morgan fingerprint density at radius 1 is 1.00 bits per heavy atom. The Morgan fingerprint density at radius 2 is 1.57 bits per heavy atom. The molecule has 1 aromatic carbocycles. The van der Waals surface area contributed by atoms with Gasteiger partial charge in [-0.25, -0.2) is 0 Å². The molecule has 1 radical (unpaired) electrons. The Labute approximate surface area is 119 Å². The molecule has 0 amide bonds. The first-order chi connectivity index (χ1) is 4.88. The van der Waals surface area contributed by atoms with E-state index in [1.807, 2.05) is 0 Å². The van der Waals surface area contributed by atoms with Crippen LogP contribution >= 0.6 is 0 Å². The summed E-state index contributed by atoms with van der Waals surface area (Å²) in [4.78, 5) is 0. The number of halogens is 3. The van der Waals surface area contributed by atoms with E-state index in [1.165, 1.54) is 11.1 Å². The quantitative estimate of drug-likeness (QED) is 0.416. The Morgan fingerprint density at radius 3 is 2.14 bits per heavy atom. The SMILES string of the molecule is CC1C=Cc2ccccc21.[Cl-].[Cl-].[Cl-].[Ti+3]. The Bertz CT molecular complexity index is 286. The zero-order valence-electron chi connectivity index (χ0n) is 7.68. The summed E-state index contributed by atoms with van der Waals surface area (Å²) >= 11 is 0. The van der Waals surface area contributed by atoms with Crippen LogP contribution in [0.25, 0.3) is 6.08 Å². The predicted molar refractivity (Wildman–Crippen MR) is 43.9 cm³/mol. The zero-order chi connectivity index (χ0) is 6.97. The van der Waals surface area contributed by atoms with E-state index in [1.54, 1.807) is 0 Å². The summed E-state index contributed by atoms with van der Waals surface area (Å²) in [5.41, 5.74) is 2.84. The van der Waals surface area contributed by atoms with Crippen molar-refractivity contribution in [3.8, 4) is 0 Å². The summed E-state index contributed by atoms with van der Waals surface area (Å²) in [6.45, 7) is 2.22. The van der Waals surface area contributed by atoms with Gasteiger partial charge >= 0.3 is 21.7 Å². The molecule has 0 N–H and O–H groups in total. The van der Waals surface area contributed by atoms with E-state index in [-0.39, 0.29) is 58.9 Å². The molecule has 1 aliphatic carbocycles. The number of fused-ring (bicyclic) bond motifs is 1. The van der Waals surface area contributed by atoms with Gasteiger partial charge in [0.05, 0.1) is 0 Å². The number of hydrogen-bond donors (Lipinski definition) is 0. The number of rotatable bonds is 0. The third kappa shape index (κ3) is 3.96. The van der Waals surface area contributed by atoms with Crippen LogP contribution in [0.3, 0.4) is 0 Å². The van der Waals surface area contributed by atoms with Crippen LogP contribution in [0, 0.1) is 0 Å². The Kier molecular flexibility index (Phi) is 12.6. The number of allylic oxidation sites excluding steroid dienone is 1. The molecule has 0 nitrogen and oxygen atoms in total. The fourth-order valence-corrected chi connectivity index (χ4v) is 1.43. The second kappa shape index (κ2) is 8.82. The Balaban J connectivity index is -0.000000302. The van der Waals surface area contributed by atoms with Crippen molar-refractivity contribution in [1.82, 2.24) is 0 Å². The summed E-state index contributed by atoms with van der Waals surface area (Å²) in [6, 6.07) is 8.54. The van der Waals surface area contributed by atoms with Crippen LogP contribution in [0.1, 0.15) is 24.0 Å². The van der Waals surface area contributed by atoms with Gasteiger partial charge in [-0.3, -0.25) is 0 Å². The second-order valence-electron chi connectivity index (χ2n) is 2.78. The van der Waals surface area contributed by atoms with E-state index in [2.05, 4.69) is 43.3 Å². The number of hydrogen-bond acceptors (Lipinski definition) is 0. The van der Waals surface area contributed by atoms with Crippen LogP contribution < -0.4 is 37.2 Å². The summed E-state index contributed by atoms with van der Waals surface area (Å²) in [7, 11) is 0. The van der Waals surface area contributed by atoms with E-state index >= 15 is 0 Å². The largest absolute Gasteiger partial charge is 3.00 e. The summed E-state index contributed by atoms with van der Waals surface area (Å²) in [5, 5.41) is 0. The van der Waals surface area contributed by atoms with Crippen molar-refractivity contribution in [2.75, 3.05) is 0 Å². The van der Waals surface area contributed by atoms with E-state index in [0.717, 1.165) is 0 Å². The zero-order valence-corrected chi connectivity index (χ0v) is 11.5. The van der Waals surface area contributed by atoms with Crippen LogP contribution in [0.5, 0.6) is 0 Å². The van der Waals surface area contributed by atoms with Gasteiger partial charge < -0.3 is 37.2 Å². The number of benzene rings is 1. The maximum atomic E-state index is 2.24. The third-order valence-electron chi connectivity index (χ3n) is 2.05. The van der Waals surface area contributed by atoms with Gasteiger partial charge in [0.25, 0.3) is 0 Å². The molecule has 0 bridgehead atoms. The van der Waals surface area contributed by atoms with E-state index in [4.69, 9.17) is 0 Å². The van der Waals surface area contributed by atoms with Gasteiger partial charge in [0.2, 0.25) is 0 Å². The standard InChI is InChI=1S/C10H10.3ClH.Ti/c1-8-6-7-9-4-2-3-5-10(8)9;;;;/h2-8H,1H3;3*1H;/q;;;;+3/p-3. The molecule has 1 aliphatic rings. The van der Waals surface area contributed by atoms with Crippen LogP contribution in [0.2, 0.25) is 0 Å². The minimum Gasteiger partial charge on any atom is -1.00 e. The van der Waals surface area contributed by atoms with Crippen molar-refractivity contribution < 1.29 is 58.9 Å². The molecule has 0 aliphatic heterocycles.